The maximum Gasteiger partial charge on any atom is 0.180 e. The molecule has 1 aromatic carbocycles. The molecular weight excluding hydrogens is 408 g/mol. The molecule has 5 rings (SSSR count). The summed E-state index contributed by atoms with van der Waals surface area (Å²) < 4.78 is 2.11. The second kappa shape index (κ2) is 8.28. The molecule has 1 aliphatic rings. The SMILES string of the molecule is Cc1ncc(C(=O)Cc2cc3cc(-c4cnn(C5CCN(C)CC5)c4)ccc3nn2)s1. The summed E-state index contributed by atoms with van der Waals surface area (Å²) in [5, 5.41) is 15.1. The number of aromatic nitrogens is 5. The van der Waals surface area contributed by atoms with Crippen LogP contribution in [0.1, 0.15) is 39.3 Å². The van der Waals surface area contributed by atoms with Crippen LogP contribution in [0, 0.1) is 6.92 Å². The summed E-state index contributed by atoms with van der Waals surface area (Å²) >= 11 is 1.41. The van der Waals surface area contributed by atoms with E-state index in [1.54, 1.807) is 6.20 Å². The molecule has 0 unspecified atom stereocenters. The van der Waals surface area contributed by atoms with Gasteiger partial charge in [0, 0.05) is 23.3 Å². The summed E-state index contributed by atoms with van der Waals surface area (Å²) in [6, 6.07) is 8.55. The molecule has 0 amide bonds. The highest BCUT2D eigenvalue weighted by Gasteiger charge is 2.19. The maximum absolute atomic E-state index is 12.5. The number of ketones is 1. The molecule has 0 aliphatic carbocycles. The number of carbonyl (C=O) groups is 1. The zero-order valence-corrected chi connectivity index (χ0v) is 18.5. The molecule has 0 spiro atoms. The highest BCUT2D eigenvalue weighted by atomic mass is 32.1. The summed E-state index contributed by atoms with van der Waals surface area (Å²) in [7, 11) is 2.17. The summed E-state index contributed by atoms with van der Waals surface area (Å²) in [4.78, 5) is 19.7. The van der Waals surface area contributed by atoms with E-state index in [9.17, 15) is 4.79 Å². The van der Waals surface area contributed by atoms with Gasteiger partial charge in [-0.2, -0.15) is 15.3 Å². The standard InChI is InChI=1S/C23H24N6OS/c1-15-24-13-23(31-15)22(30)11-19-10-17-9-16(3-4-21(17)27-26-19)18-12-25-29(14-18)20-5-7-28(2)8-6-20/h3-4,9-10,12-14,20H,5-8,11H2,1-2H3. The number of likely N-dealkylation sites (tertiary alicyclic amines) is 1. The van der Waals surface area contributed by atoms with Crippen molar-refractivity contribution in [3.8, 4) is 11.1 Å². The average Bonchev–Trinajstić information content (AvgIpc) is 3.43. The van der Waals surface area contributed by atoms with Crippen LogP contribution in [0.5, 0.6) is 0 Å². The van der Waals surface area contributed by atoms with Gasteiger partial charge in [0.05, 0.1) is 39.8 Å². The van der Waals surface area contributed by atoms with Crippen molar-refractivity contribution in [2.24, 2.45) is 0 Å². The third-order valence-electron chi connectivity index (χ3n) is 5.87. The summed E-state index contributed by atoms with van der Waals surface area (Å²) in [5.41, 5.74) is 3.67. The lowest BCUT2D eigenvalue weighted by Crippen LogP contribution is -2.31. The lowest BCUT2D eigenvalue weighted by atomic mass is 10.0. The van der Waals surface area contributed by atoms with Crippen LogP contribution in [-0.4, -0.2) is 55.8 Å². The average molecular weight is 433 g/mol. The number of carbonyl (C=O) groups excluding carboxylic acids is 1. The first kappa shape index (κ1) is 20.0. The van der Waals surface area contributed by atoms with Gasteiger partial charge in [0.2, 0.25) is 0 Å². The number of benzene rings is 1. The molecule has 158 valence electrons. The molecule has 1 aliphatic heterocycles. The molecule has 0 N–H and O–H groups in total. The topological polar surface area (TPSA) is 76.8 Å². The van der Waals surface area contributed by atoms with Gasteiger partial charge < -0.3 is 4.90 Å². The zero-order valence-electron chi connectivity index (χ0n) is 17.7. The van der Waals surface area contributed by atoms with Crippen molar-refractivity contribution < 1.29 is 4.79 Å². The molecule has 0 saturated carbocycles. The van der Waals surface area contributed by atoms with Gasteiger partial charge in [0.1, 0.15) is 0 Å². The molecule has 3 aromatic heterocycles. The Morgan fingerprint density at radius 3 is 2.74 bits per heavy atom. The molecule has 1 fully saturated rings. The van der Waals surface area contributed by atoms with Crippen molar-refractivity contribution in [1.82, 2.24) is 29.9 Å². The molecule has 0 bridgehead atoms. The van der Waals surface area contributed by atoms with Crippen LogP contribution in [0.2, 0.25) is 0 Å². The number of aryl methyl sites for hydroxylation is 1. The highest BCUT2D eigenvalue weighted by molar-refractivity contribution is 7.13. The molecule has 8 heteroatoms. The quantitative estimate of drug-likeness (QED) is 0.445. The lowest BCUT2D eigenvalue weighted by Gasteiger charge is -2.28. The summed E-state index contributed by atoms with van der Waals surface area (Å²) in [6.07, 6.45) is 8.19. The second-order valence-corrected chi connectivity index (χ2v) is 9.43. The zero-order chi connectivity index (χ0) is 21.4. The first-order chi connectivity index (χ1) is 15.0. The van der Waals surface area contributed by atoms with Crippen molar-refractivity contribution in [3.63, 3.8) is 0 Å². The number of hydrogen-bond acceptors (Lipinski definition) is 7. The molecule has 31 heavy (non-hydrogen) atoms. The van der Waals surface area contributed by atoms with E-state index in [1.807, 2.05) is 25.3 Å². The van der Waals surface area contributed by atoms with E-state index in [0.29, 0.717) is 16.6 Å². The third kappa shape index (κ3) is 4.26. The number of hydrogen-bond donors (Lipinski definition) is 0. The van der Waals surface area contributed by atoms with E-state index >= 15 is 0 Å². The van der Waals surface area contributed by atoms with E-state index in [-0.39, 0.29) is 12.2 Å². The third-order valence-corrected chi connectivity index (χ3v) is 6.82. The second-order valence-electron chi connectivity index (χ2n) is 8.20. The molecule has 7 nitrogen and oxygen atoms in total. The minimum absolute atomic E-state index is 0.0230. The largest absolute Gasteiger partial charge is 0.306 e. The minimum atomic E-state index is 0.0230. The first-order valence-corrected chi connectivity index (χ1v) is 11.3. The molecule has 4 heterocycles. The molecule has 4 aromatic rings. The van der Waals surface area contributed by atoms with Crippen LogP contribution in [0.15, 0.2) is 42.9 Å². The van der Waals surface area contributed by atoms with E-state index in [4.69, 9.17) is 0 Å². The highest BCUT2D eigenvalue weighted by Crippen LogP contribution is 2.27. The Morgan fingerprint density at radius 1 is 1.13 bits per heavy atom. The normalized spacial score (nSPS) is 15.5. The Hall–Kier alpha value is -2.97. The van der Waals surface area contributed by atoms with Crippen LogP contribution < -0.4 is 0 Å². The number of Topliss-reactive ketones (excluding diaryl/α,β-unsaturated/α-hetero) is 1. The van der Waals surface area contributed by atoms with Gasteiger partial charge in [0.25, 0.3) is 0 Å². The monoisotopic (exact) mass is 432 g/mol. The van der Waals surface area contributed by atoms with Gasteiger partial charge in [-0.05, 0) is 63.7 Å². The van der Waals surface area contributed by atoms with Gasteiger partial charge >= 0.3 is 0 Å². The first-order valence-electron chi connectivity index (χ1n) is 10.5. The van der Waals surface area contributed by atoms with Crippen molar-refractivity contribution in [3.05, 3.63) is 58.4 Å². The Bertz CT molecular complexity index is 1240. The van der Waals surface area contributed by atoms with Crippen molar-refractivity contribution >= 4 is 28.0 Å². The summed E-state index contributed by atoms with van der Waals surface area (Å²) in [6.45, 7) is 4.11. The summed E-state index contributed by atoms with van der Waals surface area (Å²) in [5.74, 6) is 0.0230. The van der Waals surface area contributed by atoms with Crippen molar-refractivity contribution in [2.75, 3.05) is 20.1 Å². The fourth-order valence-corrected chi connectivity index (χ4v) is 4.76. The molecular formula is C23H24N6OS. The fraction of sp³-hybridized carbons (Fsp3) is 0.348. The molecule has 0 radical (unpaired) electrons. The predicted octanol–water partition coefficient (Wildman–Crippen LogP) is 3.95. The van der Waals surface area contributed by atoms with Gasteiger partial charge in [-0.3, -0.25) is 9.48 Å². The molecule has 1 saturated heterocycles. The Labute approximate surface area is 184 Å². The van der Waals surface area contributed by atoms with E-state index in [2.05, 4.69) is 55.2 Å². The van der Waals surface area contributed by atoms with Gasteiger partial charge in [-0.1, -0.05) is 6.07 Å². The minimum Gasteiger partial charge on any atom is -0.306 e. The van der Waals surface area contributed by atoms with Crippen LogP contribution in [0.25, 0.3) is 22.0 Å². The van der Waals surface area contributed by atoms with E-state index in [1.165, 1.54) is 11.3 Å². The Kier molecular flexibility index (Phi) is 5.33. The number of nitrogens with zero attached hydrogens (tertiary/aromatic N) is 6. The van der Waals surface area contributed by atoms with Crippen molar-refractivity contribution in [1.29, 1.82) is 0 Å². The maximum atomic E-state index is 12.5. The number of thiazole rings is 1. The van der Waals surface area contributed by atoms with Gasteiger partial charge in [-0.25, -0.2) is 4.98 Å². The number of rotatable bonds is 5. The van der Waals surface area contributed by atoms with E-state index in [0.717, 1.165) is 53.0 Å². The molecule has 0 atom stereocenters. The Balaban J connectivity index is 1.37. The smallest absolute Gasteiger partial charge is 0.180 e. The number of fused-ring (bicyclic) bond motifs is 1. The van der Waals surface area contributed by atoms with Crippen LogP contribution in [-0.2, 0) is 6.42 Å². The lowest BCUT2D eigenvalue weighted by molar-refractivity contribution is 0.0995. The van der Waals surface area contributed by atoms with Crippen molar-refractivity contribution in [2.45, 2.75) is 32.2 Å². The van der Waals surface area contributed by atoms with E-state index < -0.39 is 0 Å². The number of piperidine rings is 1. The van der Waals surface area contributed by atoms with Crippen LogP contribution in [0.4, 0.5) is 0 Å². The van der Waals surface area contributed by atoms with Crippen LogP contribution >= 0.6 is 11.3 Å². The Morgan fingerprint density at radius 2 is 1.97 bits per heavy atom. The van der Waals surface area contributed by atoms with Crippen LogP contribution in [0.3, 0.4) is 0 Å². The predicted molar refractivity (Wildman–Crippen MR) is 121 cm³/mol. The fourth-order valence-electron chi connectivity index (χ4n) is 4.04. The van der Waals surface area contributed by atoms with Gasteiger partial charge in [-0.15, -0.1) is 11.3 Å². The van der Waals surface area contributed by atoms with Gasteiger partial charge in [0.15, 0.2) is 5.78 Å².